The molecule has 0 atom stereocenters. The number of pyridine rings is 1. The van der Waals surface area contributed by atoms with Gasteiger partial charge in [0.2, 0.25) is 5.88 Å². The van der Waals surface area contributed by atoms with Crippen LogP contribution in [0, 0.1) is 0 Å². The molecule has 2 aromatic rings. The number of fused-ring (bicyclic) bond motifs is 1. The van der Waals surface area contributed by atoms with E-state index in [1.807, 2.05) is 37.3 Å². The van der Waals surface area contributed by atoms with E-state index in [1.165, 1.54) is 5.56 Å². The summed E-state index contributed by atoms with van der Waals surface area (Å²) in [5.41, 5.74) is 3.30. The summed E-state index contributed by atoms with van der Waals surface area (Å²) in [6, 6.07) is 14.2. The number of hydrogen-bond acceptors (Lipinski definition) is 4. The number of ether oxygens (including phenoxy) is 1. The number of benzene rings is 1. The van der Waals surface area contributed by atoms with Crippen LogP contribution >= 0.6 is 11.8 Å². The fraction of sp³-hybridized carbons (Fsp3) is 0.133. The largest absolute Gasteiger partial charge is 0.478 e. The van der Waals surface area contributed by atoms with Crippen LogP contribution in [0.25, 0.3) is 5.70 Å². The summed E-state index contributed by atoms with van der Waals surface area (Å²) >= 11 is 1.62. The highest BCUT2D eigenvalue weighted by Crippen LogP contribution is 2.36. The summed E-state index contributed by atoms with van der Waals surface area (Å²) in [4.78, 5) is 4.46. The Hall–Kier alpha value is -1.94. The van der Waals surface area contributed by atoms with Crippen LogP contribution in [0.15, 0.2) is 52.9 Å². The molecule has 96 valence electrons. The number of nitrogens with zero attached hydrogens (tertiary/aromatic N) is 1. The van der Waals surface area contributed by atoms with Gasteiger partial charge in [-0.3, -0.25) is 0 Å². The zero-order chi connectivity index (χ0) is 13.1. The number of aromatic nitrogens is 1. The van der Waals surface area contributed by atoms with Crippen LogP contribution in [0.5, 0.6) is 5.88 Å². The molecule has 0 amide bonds. The smallest absolute Gasteiger partial charge is 0.214 e. The minimum atomic E-state index is 0.634. The molecular formula is C15H14N2OS. The Morgan fingerprint density at radius 2 is 2.00 bits per heavy atom. The molecule has 0 unspecified atom stereocenters. The molecule has 0 spiro atoms. The number of anilines is 1. The van der Waals surface area contributed by atoms with Gasteiger partial charge in [-0.15, -0.1) is 0 Å². The second kappa shape index (κ2) is 5.36. The van der Waals surface area contributed by atoms with Crippen LogP contribution in [0.3, 0.4) is 0 Å². The predicted molar refractivity (Wildman–Crippen MR) is 79.3 cm³/mol. The Morgan fingerprint density at radius 1 is 1.16 bits per heavy atom. The molecule has 4 heteroatoms. The monoisotopic (exact) mass is 270 g/mol. The van der Waals surface area contributed by atoms with Gasteiger partial charge in [0.25, 0.3) is 0 Å². The number of rotatable bonds is 3. The molecule has 0 bridgehead atoms. The molecule has 1 aromatic heterocycles. The average Bonchev–Trinajstić information content (AvgIpc) is 2.48. The number of thioether (sulfide) groups is 1. The van der Waals surface area contributed by atoms with Gasteiger partial charge in [-0.25, -0.2) is 4.98 Å². The molecular weight excluding hydrogens is 256 g/mol. The lowest BCUT2D eigenvalue weighted by Gasteiger charge is -2.18. The molecule has 2 heterocycles. The van der Waals surface area contributed by atoms with Crippen LogP contribution < -0.4 is 10.1 Å². The molecule has 0 aliphatic carbocycles. The molecule has 1 aromatic carbocycles. The molecule has 3 nitrogen and oxygen atoms in total. The summed E-state index contributed by atoms with van der Waals surface area (Å²) in [5, 5.41) is 6.44. The zero-order valence-corrected chi connectivity index (χ0v) is 11.4. The molecule has 0 saturated carbocycles. The third-order valence-electron chi connectivity index (χ3n) is 2.77. The Kier molecular flexibility index (Phi) is 3.42. The van der Waals surface area contributed by atoms with Crippen molar-refractivity contribution in [2.45, 2.75) is 11.9 Å². The minimum absolute atomic E-state index is 0.634. The topological polar surface area (TPSA) is 34.1 Å². The van der Waals surface area contributed by atoms with Gasteiger partial charge in [-0.2, -0.15) is 0 Å². The van der Waals surface area contributed by atoms with Gasteiger partial charge in [0.05, 0.1) is 18.0 Å². The van der Waals surface area contributed by atoms with Crippen LogP contribution in [0.1, 0.15) is 12.5 Å². The van der Waals surface area contributed by atoms with Crippen molar-refractivity contribution in [3.63, 3.8) is 0 Å². The lowest BCUT2D eigenvalue weighted by Crippen LogP contribution is -2.05. The van der Waals surface area contributed by atoms with E-state index in [4.69, 9.17) is 4.74 Å². The van der Waals surface area contributed by atoms with Gasteiger partial charge in [0.15, 0.2) is 0 Å². The first-order chi connectivity index (χ1) is 9.36. The second-order valence-corrected chi connectivity index (χ2v) is 4.93. The minimum Gasteiger partial charge on any atom is -0.478 e. The maximum atomic E-state index is 5.41. The Balaban J connectivity index is 1.86. The van der Waals surface area contributed by atoms with Crippen molar-refractivity contribution in [3.8, 4) is 5.88 Å². The second-order valence-electron chi connectivity index (χ2n) is 4.08. The van der Waals surface area contributed by atoms with Gasteiger partial charge < -0.3 is 10.1 Å². The predicted octanol–water partition coefficient (Wildman–Crippen LogP) is 4.00. The molecule has 0 radical (unpaired) electrons. The first-order valence-electron chi connectivity index (χ1n) is 6.20. The maximum absolute atomic E-state index is 5.41. The third-order valence-corrected chi connectivity index (χ3v) is 3.66. The lowest BCUT2D eigenvalue weighted by atomic mass is 10.2. The van der Waals surface area contributed by atoms with E-state index in [-0.39, 0.29) is 0 Å². The third kappa shape index (κ3) is 2.58. The van der Waals surface area contributed by atoms with E-state index in [2.05, 4.69) is 27.8 Å². The van der Waals surface area contributed by atoms with E-state index >= 15 is 0 Å². The quantitative estimate of drug-likeness (QED) is 0.914. The van der Waals surface area contributed by atoms with E-state index in [9.17, 15) is 0 Å². The number of hydrogen-bond donors (Lipinski definition) is 1. The van der Waals surface area contributed by atoms with Gasteiger partial charge in [-0.05, 0) is 18.6 Å². The summed E-state index contributed by atoms with van der Waals surface area (Å²) in [5.74, 6) is 0.673. The summed E-state index contributed by atoms with van der Waals surface area (Å²) in [7, 11) is 0. The van der Waals surface area contributed by atoms with E-state index in [0.717, 1.165) is 16.4 Å². The van der Waals surface area contributed by atoms with Gasteiger partial charge >= 0.3 is 0 Å². The normalized spacial score (nSPS) is 13.2. The Labute approximate surface area is 116 Å². The van der Waals surface area contributed by atoms with Crippen molar-refractivity contribution in [1.29, 1.82) is 0 Å². The Bertz CT molecular complexity index is 611. The number of nitrogens with one attached hydrogen (secondary N) is 1. The van der Waals surface area contributed by atoms with Crippen LogP contribution in [-0.2, 0) is 0 Å². The zero-order valence-electron chi connectivity index (χ0n) is 10.6. The lowest BCUT2D eigenvalue weighted by molar-refractivity contribution is 0.324. The molecule has 3 rings (SSSR count). The van der Waals surface area contributed by atoms with Crippen molar-refractivity contribution < 1.29 is 4.74 Å². The van der Waals surface area contributed by atoms with Crippen molar-refractivity contribution in [3.05, 3.63) is 53.4 Å². The van der Waals surface area contributed by atoms with Crippen LogP contribution in [-0.4, -0.2) is 11.6 Å². The van der Waals surface area contributed by atoms with Crippen molar-refractivity contribution in [1.82, 2.24) is 4.98 Å². The molecule has 1 aliphatic heterocycles. The SMILES string of the molecule is CCOc1ccc2c(n1)SC=C(c1ccccc1)N2. The first kappa shape index (κ1) is 12.1. The highest BCUT2D eigenvalue weighted by Gasteiger charge is 2.14. The standard InChI is InChI=1S/C15H14N2OS/c1-2-18-14-9-8-12-15(17-14)19-10-13(16-12)11-6-4-3-5-7-11/h3-10,16H,2H2,1H3. The highest BCUT2D eigenvalue weighted by atomic mass is 32.2. The Morgan fingerprint density at radius 3 is 2.79 bits per heavy atom. The van der Waals surface area contributed by atoms with Crippen LogP contribution in [0.4, 0.5) is 5.69 Å². The summed E-state index contributed by atoms with van der Waals surface area (Å²) in [6.07, 6.45) is 0. The average molecular weight is 270 g/mol. The first-order valence-corrected chi connectivity index (χ1v) is 7.08. The molecule has 1 aliphatic rings. The molecule has 0 fully saturated rings. The van der Waals surface area contributed by atoms with Gasteiger partial charge in [0, 0.05) is 11.5 Å². The molecule has 0 saturated heterocycles. The fourth-order valence-electron chi connectivity index (χ4n) is 1.88. The van der Waals surface area contributed by atoms with Gasteiger partial charge in [0.1, 0.15) is 5.03 Å². The van der Waals surface area contributed by atoms with Crippen molar-refractivity contribution >= 4 is 23.1 Å². The van der Waals surface area contributed by atoms with Crippen LogP contribution in [0.2, 0.25) is 0 Å². The maximum Gasteiger partial charge on any atom is 0.214 e. The van der Waals surface area contributed by atoms with Crippen molar-refractivity contribution in [2.24, 2.45) is 0 Å². The summed E-state index contributed by atoms with van der Waals surface area (Å²) in [6.45, 7) is 2.59. The van der Waals surface area contributed by atoms with E-state index in [1.54, 1.807) is 11.8 Å². The van der Waals surface area contributed by atoms with Crippen molar-refractivity contribution in [2.75, 3.05) is 11.9 Å². The molecule has 1 N–H and O–H groups in total. The fourth-order valence-corrected chi connectivity index (χ4v) is 2.70. The molecule has 19 heavy (non-hydrogen) atoms. The van der Waals surface area contributed by atoms with E-state index in [0.29, 0.717) is 12.5 Å². The summed E-state index contributed by atoms with van der Waals surface area (Å²) < 4.78 is 5.41. The van der Waals surface area contributed by atoms with Gasteiger partial charge in [-0.1, -0.05) is 42.1 Å². The van der Waals surface area contributed by atoms with E-state index < -0.39 is 0 Å². The highest BCUT2D eigenvalue weighted by molar-refractivity contribution is 8.02.